The maximum Gasteiger partial charge on any atom is 0.166 e. The molecule has 142 valence electrons. The number of hydrogen-bond acceptors (Lipinski definition) is 0. The summed E-state index contributed by atoms with van der Waals surface area (Å²) in [5.41, 5.74) is 0. The molecule has 0 saturated heterocycles. The standard InChI is InChI=1S/C18H23S.3C2H6/c1-5-12-16(7-3)19(17(8-4)13-6-2)18-14-10-9-11-15-18;3*1-2/h5-15H,1-4H3;3*1-2H3/q+1;;;/b12-5-,13-6-,16-7+,17-8+;;;. The fraction of sp³-hybridized carbons (Fsp3) is 0.417. The van der Waals surface area contributed by atoms with Crippen molar-refractivity contribution in [2.45, 2.75) is 74.1 Å². The van der Waals surface area contributed by atoms with Crippen molar-refractivity contribution >= 4 is 10.9 Å². The quantitative estimate of drug-likeness (QED) is 0.363. The van der Waals surface area contributed by atoms with Crippen LogP contribution in [0.1, 0.15) is 69.2 Å². The molecule has 0 amide bonds. The van der Waals surface area contributed by atoms with E-state index in [4.69, 9.17) is 0 Å². The lowest BCUT2D eigenvalue weighted by molar-refractivity contribution is 1.44. The second kappa shape index (κ2) is 22.5. The molecule has 0 N–H and O–H groups in total. The average molecular weight is 362 g/mol. The highest BCUT2D eigenvalue weighted by Gasteiger charge is 2.29. The van der Waals surface area contributed by atoms with E-state index in [1.54, 1.807) is 0 Å². The molecule has 0 heterocycles. The van der Waals surface area contributed by atoms with E-state index in [0.717, 1.165) is 0 Å². The Kier molecular flexibility index (Phi) is 25.5. The molecule has 0 unspecified atom stereocenters. The molecule has 0 aromatic heterocycles. The zero-order valence-corrected chi connectivity index (χ0v) is 19.1. The summed E-state index contributed by atoms with van der Waals surface area (Å²) in [7, 11) is -0.0146. The molecule has 0 nitrogen and oxygen atoms in total. The van der Waals surface area contributed by atoms with E-state index in [1.807, 2.05) is 41.5 Å². The van der Waals surface area contributed by atoms with Crippen molar-refractivity contribution in [3.05, 3.63) is 76.6 Å². The van der Waals surface area contributed by atoms with Crippen LogP contribution in [-0.2, 0) is 10.9 Å². The average Bonchev–Trinajstić information content (AvgIpc) is 2.72. The topological polar surface area (TPSA) is 0 Å². The van der Waals surface area contributed by atoms with Crippen LogP contribution in [0.3, 0.4) is 0 Å². The maximum atomic E-state index is 2.21. The molecular formula is C24H41S+. The van der Waals surface area contributed by atoms with Gasteiger partial charge >= 0.3 is 0 Å². The van der Waals surface area contributed by atoms with Gasteiger partial charge in [-0.15, -0.1) is 0 Å². The van der Waals surface area contributed by atoms with Crippen molar-refractivity contribution < 1.29 is 0 Å². The summed E-state index contributed by atoms with van der Waals surface area (Å²) in [4.78, 5) is 4.08. The van der Waals surface area contributed by atoms with Crippen LogP contribution in [0.15, 0.2) is 81.5 Å². The minimum atomic E-state index is -0.0146. The second-order valence-corrected chi connectivity index (χ2v) is 6.03. The van der Waals surface area contributed by atoms with Gasteiger partial charge in [-0.05, 0) is 64.1 Å². The summed E-state index contributed by atoms with van der Waals surface area (Å²) in [5, 5.41) is 0. The third kappa shape index (κ3) is 11.7. The summed E-state index contributed by atoms with van der Waals surface area (Å²) in [6, 6.07) is 10.7. The Hall–Kier alpha value is -1.47. The molecule has 0 radical (unpaired) electrons. The maximum absolute atomic E-state index is 2.21. The summed E-state index contributed by atoms with van der Waals surface area (Å²) in [6.07, 6.45) is 13.1. The van der Waals surface area contributed by atoms with Gasteiger partial charge in [0.25, 0.3) is 0 Å². The molecule has 0 saturated carbocycles. The van der Waals surface area contributed by atoms with Crippen molar-refractivity contribution in [1.82, 2.24) is 0 Å². The molecule has 0 aliphatic rings. The third-order valence-corrected chi connectivity index (χ3v) is 5.11. The van der Waals surface area contributed by atoms with Gasteiger partial charge in [-0.25, -0.2) is 0 Å². The van der Waals surface area contributed by atoms with Crippen LogP contribution in [0, 0.1) is 0 Å². The van der Waals surface area contributed by atoms with Crippen LogP contribution >= 0.6 is 0 Å². The van der Waals surface area contributed by atoms with E-state index in [1.165, 1.54) is 14.7 Å². The lowest BCUT2D eigenvalue weighted by Gasteiger charge is -2.08. The van der Waals surface area contributed by atoms with E-state index < -0.39 is 0 Å². The first-order valence-corrected chi connectivity index (χ1v) is 10.9. The molecule has 0 bridgehead atoms. The van der Waals surface area contributed by atoms with Gasteiger partial charge in [0, 0.05) is 0 Å². The second-order valence-electron chi connectivity index (χ2n) is 4.00. The van der Waals surface area contributed by atoms with Crippen molar-refractivity contribution in [1.29, 1.82) is 0 Å². The minimum Gasteiger partial charge on any atom is -0.0827 e. The van der Waals surface area contributed by atoms with Crippen LogP contribution in [-0.4, -0.2) is 0 Å². The number of allylic oxidation sites excluding steroid dienone is 6. The highest BCUT2D eigenvalue weighted by Crippen LogP contribution is 2.30. The van der Waals surface area contributed by atoms with Crippen LogP contribution < -0.4 is 0 Å². The van der Waals surface area contributed by atoms with Crippen LogP contribution in [0.5, 0.6) is 0 Å². The molecule has 25 heavy (non-hydrogen) atoms. The molecule has 0 aliphatic carbocycles. The Morgan fingerprint density at radius 3 is 1.28 bits per heavy atom. The van der Waals surface area contributed by atoms with E-state index in [-0.39, 0.29) is 10.9 Å². The fourth-order valence-corrected chi connectivity index (χ4v) is 4.12. The molecule has 0 atom stereocenters. The Labute approximate surface area is 161 Å². The zero-order chi connectivity index (χ0) is 20.1. The van der Waals surface area contributed by atoms with Crippen molar-refractivity contribution in [2.75, 3.05) is 0 Å². The predicted molar refractivity (Wildman–Crippen MR) is 123 cm³/mol. The van der Waals surface area contributed by atoms with Crippen molar-refractivity contribution in [3.63, 3.8) is 0 Å². The normalized spacial score (nSPS) is 12.4. The van der Waals surface area contributed by atoms with E-state index in [9.17, 15) is 0 Å². The van der Waals surface area contributed by atoms with E-state index in [0.29, 0.717) is 0 Å². The highest BCUT2D eigenvalue weighted by atomic mass is 32.2. The summed E-state index contributed by atoms with van der Waals surface area (Å²) in [6.45, 7) is 20.4. The zero-order valence-electron chi connectivity index (χ0n) is 18.3. The van der Waals surface area contributed by atoms with Gasteiger partial charge < -0.3 is 0 Å². The van der Waals surface area contributed by atoms with Gasteiger partial charge in [-0.3, -0.25) is 0 Å². The molecule has 0 aliphatic heterocycles. The molecular weight excluding hydrogens is 320 g/mol. The fourth-order valence-electron chi connectivity index (χ4n) is 1.86. The van der Waals surface area contributed by atoms with E-state index in [2.05, 4.69) is 94.5 Å². The van der Waals surface area contributed by atoms with Gasteiger partial charge in [-0.2, -0.15) is 0 Å². The minimum absolute atomic E-state index is 0.0146. The van der Waals surface area contributed by atoms with Crippen LogP contribution in [0.4, 0.5) is 0 Å². The molecule has 0 spiro atoms. The third-order valence-electron chi connectivity index (χ3n) is 2.68. The number of rotatable bonds is 5. The molecule has 1 aromatic carbocycles. The lowest BCUT2D eigenvalue weighted by Crippen LogP contribution is -2.06. The predicted octanol–water partition coefficient (Wildman–Crippen LogP) is 8.70. The molecule has 1 heteroatoms. The number of hydrogen-bond donors (Lipinski definition) is 0. The Bertz CT molecular complexity index is 462. The van der Waals surface area contributed by atoms with Gasteiger partial charge in [0.2, 0.25) is 0 Å². The van der Waals surface area contributed by atoms with Crippen molar-refractivity contribution in [2.24, 2.45) is 0 Å². The molecule has 1 rings (SSSR count). The van der Waals surface area contributed by atoms with Gasteiger partial charge in [0.05, 0.1) is 10.9 Å². The van der Waals surface area contributed by atoms with Gasteiger partial charge in [-0.1, -0.05) is 71.9 Å². The Morgan fingerprint density at radius 2 is 1.00 bits per heavy atom. The first-order valence-electron chi connectivity index (χ1n) is 9.65. The smallest absolute Gasteiger partial charge is 0.0827 e. The van der Waals surface area contributed by atoms with E-state index >= 15 is 0 Å². The largest absolute Gasteiger partial charge is 0.166 e. The summed E-state index contributed by atoms with van der Waals surface area (Å²) < 4.78 is 0. The molecule has 1 aromatic rings. The molecule has 0 fully saturated rings. The first-order chi connectivity index (χ1) is 12.3. The van der Waals surface area contributed by atoms with Crippen molar-refractivity contribution in [3.8, 4) is 0 Å². The summed E-state index contributed by atoms with van der Waals surface area (Å²) in [5.74, 6) is 0. The van der Waals surface area contributed by atoms with Crippen LogP contribution in [0.2, 0.25) is 0 Å². The first kappa shape index (κ1) is 28.3. The van der Waals surface area contributed by atoms with Gasteiger partial charge in [0.1, 0.15) is 0 Å². The number of benzene rings is 1. The SMILES string of the molecule is C/C=C\C(=C/C)[S+](C(/C=C\C)=C/C)c1ccccc1.CC.CC.CC. The monoisotopic (exact) mass is 361 g/mol. The van der Waals surface area contributed by atoms with Gasteiger partial charge in [0.15, 0.2) is 14.7 Å². The summed E-state index contributed by atoms with van der Waals surface area (Å²) >= 11 is 0. The highest BCUT2D eigenvalue weighted by molar-refractivity contribution is 8.04. The lowest BCUT2D eigenvalue weighted by atomic mass is 10.4. The Balaban J connectivity index is -0.000000725. The van der Waals surface area contributed by atoms with Crippen LogP contribution in [0.25, 0.3) is 0 Å². The Morgan fingerprint density at radius 1 is 0.640 bits per heavy atom.